The summed E-state index contributed by atoms with van der Waals surface area (Å²) in [6.07, 6.45) is 0.887. The van der Waals surface area contributed by atoms with Crippen LogP contribution in [0.5, 0.6) is 0 Å². The monoisotopic (exact) mass is 299 g/mol. The normalized spacial score (nSPS) is 14.0. The van der Waals surface area contributed by atoms with Gasteiger partial charge in [-0.2, -0.15) is 0 Å². The van der Waals surface area contributed by atoms with Gasteiger partial charge in [0.1, 0.15) is 0 Å². The molecule has 0 aromatic heterocycles. The first-order valence-corrected chi connectivity index (χ1v) is 6.36. The quantitative estimate of drug-likeness (QED) is 0.612. The summed E-state index contributed by atoms with van der Waals surface area (Å²) in [7, 11) is 0. The molecule has 110 valence electrons. The Balaban J connectivity index is 0.00000200. The number of amides is 1. The molecule has 0 aliphatic carbocycles. The molecule has 2 N–H and O–H groups in total. The van der Waals surface area contributed by atoms with Gasteiger partial charge in [0.25, 0.3) is 5.69 Å². The molecule has 1 aliphatic rings. The zero-order chi connectivity index (χ0) is 13.7. The highest BCUT2D eigenvalue weighted by Gasteiger charge is 2.17. The number of nitrogens with zero attached hydrogens (tertiary/aromatic N) is 1. The number of rotatable bonds is 6. The van der Waals surface area contributed by atoms with Gasteiger partial charge in [0.05, 0.1) is 4.92 Å². The summed E-state index contributed by atoms with van der Waals surface area (Å²) in [5, 5.41) is 16.7. The predicted molar refractivity (Wildman–Crippen MR) is 78.0 cm³/mol. The number of nitro groups is 1. The molecule has 1 heterocycles. The van der Waals surface area contributed by atoms with Crippen molar-refractivity contribution in [3.05, 3.63) is 39.9 Å². The Hall–Kier alpha value is -1.66. The highest BCUT2D eigenvalue weighted by molar-refractivity contribution is 5.85. The number of benzene rings is 1. The molecule has 2 rings (SSSR count). The van der Waals surface area contributed by atoms with E-state index in [9.17, 15) is 14.9 Å². The van der Waals surface area contributed by atoms with Gasteiger partial charge < -0.3 is 10.6 Å². The van der Waals surface area contributed by atoms with Crippen LogP contribution in [0.1, 0.15) is 12.0 Å². The lowest BCUT2D eigenvalue weighted by molar-refractivity contribution is -0.384. The summed E-state index contributed by atoms with van der Waals surface area (Å²) in [6, 6.07) is 6.41. The maximum absolute atomic E-state index is 11.6. The topological polar surface area (TPSA) is 84.3 Å². The van der Waals surface area contributed by atoms with Crippen LogP contribution in [0, 0.1) is 16.0 Å². The van der Waals surface area contributed by atoms with Crippen LogP contribution >= 0.6 is 12.4 Å². The highest BCUT2D eigenvalue weighted by atomic mass is 35.5. The van der Waals surface area contributed by atoms with Gasteiger partial charge in [-0.1, -0.05) is 12.1 Å². The molecule has 1 aromatic rings. The van der Waals surface area contributed by atoms with E-state index in [0.29, 0.717) is 25.3 Å². The molecule has 1 saturated heterocycles. The van der Waals surface area contributed by atoms with Gasteiger partial charge in [0, 0.05) is 44.1 Å². The minimum absolute atomic E-state index is 0. The molecule has 0 spiro atoms. The molecule has 1 amide bonds. The van der Waals surface area contributed by atoms with Gasteiger partial charge in [-0.25, -0.2) is 0 Å². The van der Waals surface area contributed by atoms with Crippen LogP contribution in [0.3, 0.4) is 0 Å². The Morgan fingerprint density at radius 1 is 1.45 bits per heavy atom. The molecule has 20 heavy (non-hydrogen) atoms. The van der Waals surface area contributed by atoms with Crippen LogP contribution in [0.4, 0.5) is 5.69 Å². The van der Waals surface area contributed by atoms with E-state index in [4.69, 9.17) is 0 Å². The SMILES string of the molecule is Cl.O=C(CCc1cccc([N+](=O)[O-])c1)NCC1CNC1. The van der Waals surface area contributed by atoms with Crippen molar-refractivity contribution in [3.8, 4) is 0 Å². The fourth-order valence-corrected chi connectivity index (χ4v) is 1.92. The van der Waals surface area contributed by atoms with Crippen molar-refractivity contribution >= 4 is 24.0 Å². The molecule has 0 atom stereocenters. The van der Waals surface area contributed by atoms with Crippen LogP contribution in [0.15, 0.2) is 24.3 Å². The van der Waals surface area contributed by atoms with E-state index in [1.54, 1.807) is 12.1 Å². The lowest BCUT2D eigenvalue weighted by atomic mass is 10.0. The highest BCUT2D eigenvalue weighted by Crippen LogP contribution is 2.14. The van der Waals surface area contributed by atoms with Gasteiger partial charge in [-0.15, -0.1) is 12.4 Å². The predicted octanol–water partition coefficient (Wildman–Crippen LogP) is 1.28. The summed E-state index contributed by atoms with van der Waals surface area (Å²) in [6.45, 7) is 2.64. The third-order valence-electron chi connectivity index (χ3n) is 3.22. The second-order valence-corrected chi connectivity index (χ2v) is 4.76. The van der Waals surface area contributed by atoms with E-state index < -0.39 is 4.92 Å². The molecule has 1 fully saturated rings. The average molecular weight is 300 g/mol. The van der Waals surface area contributed by atoms with Crippen molar-refractivity contribution in [2.75, 3.05) is 19.6 Å². The first kappa shape index (κ1) is 16.4. The number of nitro benzene ring substituents is 1. The number of halogens is 1. The summed E-state index contributed by atoms with van der Waals surface area (Å²) in [5.74, 6) is 0.542. The van der Waals surface area contributed by atoms with Crippen molar-refractivity contribution < 1.29 is 9.72 Å². The summed E-state index contributed by atoms with van der Waals surface area (Å²) < 4.78 is 0. The molecule has 0 radical (unpaired) electrons. The van der Waals surface area contributed by atoms with Gasteiger partial charge in [0.15, 0.2) is 0 Å². The summed E-state index contributed by atoms with van der Waals surface area (Å²) in [5.41, 5.74) is 0.883. The van der Waals surface area contributed by atoms with E-state index in [1.165, 1.54) is 12.1 Å². The van der Waals surface area contributed by atoms with Crippen molar-refractivity contribution in [3.63, 3.8) is 0 Å². The van der Waals surface area contributed by atoms with Gasteiger partial charge in [0.2, 0.25) is 5.91 Å². The first-order valence-electron chi connectivity index (χ1n) is 6.36. The number of carbonyl (C=O) groups is 1. The molecule has 0 unspecified atom stereocenters. The molecule has 0 bridgehead atoms. The maximum atomic E-state index is 11.6. The Bertz CT molecular complexity index is 478. The average Bonchev–Trinajstić information content (AvgIpc) is 2.35. The van der Waals surface area contributed by atoms with Crippen LogP contribution in [-0.2, 0) is 11.2 Å². The smallest absolute Gasteiger partial charge is 0.269 e. The Kier molecular flexibility index (Phi) is 6.41. The number of carbonyl (C=O) groups excluding carboxylic acids is 1. The van der Waals surface area contributed by atoms with E-state index in [1.807, 2.05) is 0 Å². The van der Waals surface area contributed by atoms with Gasteiger partial charge in [-0.3, -0.25) is 14.9 Å². The van der Waals surface area contributed by atoms with Crippen LogP contribution in [-0.4, -0.2) is 30.5 Å². The molecule has 6 nitrogen and oxygen atoms in total. The minimum Gasteiger partial charge on any atom is -0.356 e. The van der Waals surface area contributed by atoms with E-state index in [0.717, 1.165) is 18.7 Å². The first-order chi connectivity index (χ1) is 9.15. The number of hydrogen-bond acceptors (Lipinski definition) is 4. The van der Waals surface area contributed by atoms with Crippen molar-refractivity contribution in [1.29, 1.82) is 0 Å². The maximum Gasteiger partial charge on any atom is 0.269 e. The summed E-state index contributed by atoms with van der Waals surface area (Å²) >= 11 is 0. The lowest BCUT2D eigenvalue weighted by Crippen LogP contribution is -2.48. The van der Waals surface area contributed by atoms with Crippen molar-refractivity contribution in [1.82, 2.24) is 10.6 Å². The molecule has 1 aliphatic heterocycles. The van der Waals surface area contributed by atoms with Crippen LogP contribution in [0.25, 0.3) is 0 Å². The molecule has 7 heteroatoms. The van der Waals surface area contributed by atoms with Crippen LogP contribution in [0.2, 0.25) is 0 Å². The zero-order valence-electron chi connectivity index (χ0n) is 11.0. The third-order valence-corrected chi connectivity index (χ3v) is 3.22. The molecule has 1 aromatic carbocycles. The van der Waals surface area contributed by atoms with Crippen LogP contribution < -0.4 is 10.6 Å². The lowest BCUT2D eigenvalue weighted by Gasteiger charge is -2.27. The van der Waals surface area contributed by atoms with E-state index in [2.05, 4.69) is 10.6 Å². The summed E-state index contributed by atoms with van der Waals surface area (Å²) in [4.78, 5) is 21.8. The zero-order valence-corrected chi connectivity index (χ0v) is 11.8. The molecule has 0 saturated carbocycles. The fourth-order valence-electron chi connectivity index (χ4n) is 1.92. The second kappa shape index (κ2) is 7.81. The van der Waals surface area contributed by atoms with Crippen molar-refractivity contribution in [2.24, 2.45) is 5.92 Å². The third kappa shape index (κ3) is 4.79. The Morgan fingerprint density at radius 3 is 2.80 bits per heavy atom. The van der Waals surface area contributed by atoms with Gasteiger partial charge in [-0.05, 0) is 12.0 Å². The standard InChI is InChI=1S/C13H17N3O3.ClH/c17-13(15-9-11-7-14-8-11)5-4-10-2-1-3-12(6-10)16(18)19;/h1-3,6,11,14H,4-5,7-9H2,(H,15,17);1H. The second-order valence-electron chi connectivity index (χ2n) is 4.76. The van der Waals surface area contributed by atoms with Crippen molar-refractivity contribution in [2.45, 2.75) is 12.8 Å². The number of hydrogen-bond donors (Lipinski definition) is 2. The Morgan fingerprint density at radius 2 is 2.20 bits per heavy atom. The number of nitrogens with one attached hydrogen (secondary N) is 2. The Labute approximate surface area is 123 Å². The molecular formula is C13H18ClN3O3. The van der Waals surface area contributed by atoms with E-state index >= 15 is 0 Å². The van der Waals surface area contributed by atoms with Gasteiger partial charge >= 0.3 is 0 Å². The van der Waals surface area contributed by atoms with E-state index in [-0.39, 0.29) is 24.0 Å². The number of non-ortho nitro benzene ring substituents is 1. The largest absolute Gasteiger partial charge is 0.356 e. The molecular weight excluding hydrogens is 282 g/mol. The minimum atomic E-state index is -0.423. The fraction of sp³-hybridized carbons (Fsp3) is 0.462. The number of aryl methyl sites for hydroxylation is 1.